The van der Waals surface area contributed by atoms with Gasteiger partial charge in [0.2, 0.25) is 0 Å². The summed E-state index contributed by atoms with van der Waals surface area (Å²) in [5.41, 5.74) is 1.92. The summed E-state index contributed by atoms with van der Waals surface area (Å²) in [5, 5.41) is 9.93. The Morgan fingerprint density at radius 1 is 1.38 bits per heavy atom. The predicted molar refractivity (Wildman–Crippen MR) is 56.3 cm³/mol. The smallest absolute Gasteiger partial charge is 0.0523 e. The van der Waals surface area contributed by atoms with E-state index >= 15 is 0 Å². The van der Waals surface area contributed by atoms with E-state index in [0.717, 1.165) is 10.6 Å². The van der Waals surface area contributed by atoms with E-state index in [1.165, 1.54) is 5.56 Å². The van der Waals surface area contributed by atoms with Gasteiger partial charge in [-0.15, -0.1) is 0 Å². The number of rotatable bonds is 2. The first-order valence-corrected chi connectivity index (χ1v) is 4.72. The van der Waals surface area contributed by atoms with Gasteiger partial charge in [-0.3, -0.25) is 0 Å². The molecule has 0 heterocycles. The fourth-order valence-corrected chi connectivity index (χ4v) is 1.62. The molecule has 1 nitrogen and oxygen atoms in total. The second-order valence-electron chi connectivity index (χ2n) is 4.03. The van der Waals surface area contributed by atoms with Gasteiger partial charge in [-0.05, 0) is 18.6 Å². The van der Waals surface area contributed by atoms with Crippen LogP contribution in [-0.2, 0) is 5.41 Å². The number of aryl methyl sites for hydroxylation is 1. The molecule has 0 radical (unpaired) electrons. The summed E-state index contributed by atoms with van der Waals surface area (Å²) in [5.74, 6) is 0. The second-order valence-corrected chi connectivity index (χ2v) is 4.43. The standard InChI is InChI=1S/C11H15ClO/c1-8-4-5-10(12)9(6-8)11(2,3)7-13/h4-6,13H,7H2,1-3H3. The monoisotopic (exact) mass is 198 g/mol. The quantitative estimate of drug-likeness (QED) is 0.775. The highest BCUT2D eigenvalue weighted by molar-refractivity contribution is 6.31. The van der Waals surface area contributed by atoms with Crippen LogP contribution in [0.25, 0.3) is 0 Å². The van der Waals surface area contributed by atoms with Crippen molar-refractivity contribution in [2.45, 2.75) is 26.2 Å². The van der Waals surface area contributed by atoms with Crippen LogP contribution < -0.4 is 0 Å². The zero-order valence-electron chi connectivity index (χ0n) is 8.26. The van der Waals surface area contributed by atoms with Crippen LogP contribution in [0.2, 0.25) is 5.02 Å². The first-order chi connectivity index (χ1) is 5.97. The molecule has 1 aromatic rings. The average Bonchev–Trinajstić information content (AvgIpc) is 2.09. The summed E-state index contributed by atoms with van der Waals surface area (Å²) in [6.07, 6.45) is 0. The van der Waals surface area contributed by atoms with Crippen molar-refractivity contribution in [1.29, 1.82) is 0 Å². The number of hydrogen-bond acceptors (Lipinski definition) is 1. The van der Waals surface area contributed by atoms with Crippen LogP contribution >= 0.6 is 11.6 Å². The van der Waals surface area contributed by atoms with Crippen molar-refractivity contribution < 1.29 is 5.11 Å². The van der Waals surface area contributed by atoms with Crippen LogP contribution in [0.1, 0.15) is 25.0 Å². The van der Waals surface area contributed by atoms with E-state index in [0.29, 0.717) is 0 Å². The van der Waals surface area contributed by atoms with Crippen molar-refractivity contribution in [3.05, 3.63) is 34.3 Å². The van der Waals surface area contributed by atoms with Gasteiger partial charge < -0.3 is 5.11 Å². The molecule has 13 heavy (non-hydrogen) atoms. The van der Waals surface area contributed by atoms with E-state index in [4.69, 9.17) is 11.6 Å². The maximum atomic E-state index is 9.20. The van der Waals surface area contributed by atoms with Gasteiger partial charge in [0.1, 0.15) is 0 Å². The molecule has 0 aliphatic heterocycles. The number of hydrogen-bond donors (Lipinski definition) is 1. The second kappa shape index (κ2) is 3.69. The van der Waals surface area contributed by atoms with Crippen LogP contribution in [0.3, 0.4) is 0 Å². The molecule has 1 rings (SSSR count). The van der Waals surface area contributed by atoms with Crippen molar-refractivity contribution in [2.24, 2.45) is 0 Å². The van der Waals surface area contributed by atoms with Crippen LogP contribution in [0.15, 0.2) is 18.2 Å². The lowest BCUT2D eigenvalue weighted by atomic mass is 9.85. The molecule has 0 atom stereocenters. The number of aliphatic hydroxyl groups excluding tert-OH is 1. The molecule has 0 aliphatic rings. The summed E-state index contributed by atoms with van der Waals surface area (Å²) >= 11 is 6.05. The van der Waals surface area contributed by atoms with Gasteiger partial charge in [0.25, 0.3) is 0 Å². The van der Waals surface area contributed by atoms with Gasteiger partial charge in [-0.1, -0.05) is 43.1 Å². The van der Waals surface area contributed by atoms with Crippen molar-refractivity contribution in [3.63, 3.8) is 0 Å². The minimum absolute atomic E-state index is 0.107. The number of aliphatic hydroxyl groups is 1. The Bertz CT molecular complexity index is 305. The van der Waals surface area contributed by atoms with Gasteiger partial charge in [0, 0.05) is 10.4 Å². The van der Waals surface area contributed by atoms with E-state index in [1.54, 1.807) is 0 Å². The number of benzene rings is 1. The van der Waals surface area contributed by atoms with Gasteiger partial charge in [-0.25, -0.2) is 0 Å². The van der Waals surface area contributed by atoms with Crippen LogP contribution in [0.4, 0.5) is 0 Å². The van der Waals surface area contributed by atoms with Crippen LogP contribution in [-0.4, -0.2) is 11.7 Å². The molecule has 0 unspecified atom stereocenters. The molecule has 0 bridgehead atoms. The van der Waals surface area contributed by atoms with E-state index < -0.39 is 0 Å². The van der Waals surface area contributed by atoms with Crippen LogP contribution in [0, 0.1) is 6.92 Å². The highest BCUT2D eigenvalue weighted by Crippen LogP contribution is 2.29. The van der Waals surface area contributed by atoms with Gasteiger partial charge in [0.15, 0.2) is 0 Å². The van der Waals surface area contributed by atoms with E-state index in [-0.39, 0.29) is 12.0 Å². The first kappa shape index (κ1) is 10.6. The van der Waals surface area contributed by atoms with Gasteiger partial charge >= 0.3 is 0 Å². The molecule has 0 fully saturated rings. The zero-order chi connectivity index (χ0) is 10.1. The topological polar surface area (TPSA) is 20.2 Å². The molecular weight excluding hydrogens is 184 g/mol. The van der Waals surface area contributed by atoms with Crippen molar-refractivity contribution in [2.75, 3.05) is 6.61 Å². The maximum absolute atomic E-state index is 9.20. The third-order valence-corrected chi connectivity index (χ3v) is 2.58. The molecule has 0 saturated carbocycles. The first-order valence-electron chi connectivity index (χ1n) is 4.35. The summed E-state index contributed by atoms with van der Waals surface area (Å²) in [7, 11) is 0. The molecule has 0 aromatic heterocycles. The fraction of sp³-hybridized carbons (Fsp3) is 0.455. The van der Waals surface area contributed by atoms with E-state index in [9.17, 15) is 5.11 Å². The Hall–Kier alpha value is -0.530. The predicted octanol–water partition coefficient (Wildman–Crippen LogP) is 2.92. The van der Waals surface area contributed by atoms with E-state index in [2.05, 4.69) is 0 Å². The normalized spacial score (nSPS) is 11.8. The molecule has 0 spiro atoms. The molecular formula is C11H15ClO. The molecule has 0 amide bonds. The average molecular weight is 199 g/mol. The molecule has 1 aromatic carbocycles. The third-order valence-electron chi connectivity index (χ3n) is 2.25. The van der Waals surface area contributed by atoms with Gasteiger partial charge in [0.05, 0.1) is 6.61 Å². The third kappa shape index (κ3) is 2.23. The molecule has 72 valence electrons. The van der Waals surface area contributed by atoms with Crippen molar-refractivity contribution in [1.82, 2.24) is 0 Å². The summed E-state index contributed by atoms with van der Waals surface area (Å²) < 4.78 is 0. The Labute approximate surface area is 84.4 Å². The SMILES string of the molecule is Cc1ccc(Cl)c(C(C)(C)CO)c1. The fourth-order valence-electron chi connectivity index (χ4n) is 1.24. The minimum Gasteiger partial charge on any atom is -0.395 e. The summed E-state index contributed by atoms with van der Waals surface area (Å²) in [6.45, 7) is 6.09. The molecule has 1 N–H and O–H groups in total. The van der Waals surface area contributed by atoms with Crippen LogP contribution in [0.5, 0.6) is 0 Å². The van der Waals surface area contributed by atoms with Crippen molar-refractivity contribution in [3.8, 4) is 0 Å². The Morgan fingerprint density at radius 2 is 2.00 bits per heavy atom. The lowest BCUT2D eigenvalue weighted by molar-refractivity contribution is 0.218. The Kier molecular flexibility index (Phi) is 2.99. The van der Waals surface area contributed by atoms with E-state index in [1.807, 2.05) is 39.0 Å². The lowest BCUT2D eigenvalue weighted by Gasteiger charge is -2.23. The van der Waals surface area contributed by atoms with Crippen molar-refractivity contribution >= 4 is 11.6 Å². The highest BCUT2D eigenvalue weighted by atomic mass is 35.5. The number of halogens is 1. The molecule has 0 aliphatic carbocycles. The minimum atomic E-state index is -0.261. The molecule has 0 saturated heterocycles. The van der Waals surface area contributed by atoms with Gasteiger partial charge in [-0.2, -0.15) is 0 Å². The summed E-state index contributed by atoms with van der Waals surface area (Å²) in [4.78, 5) is 0. The largest absolute Gasteiger partial charge is 0.395 e. The zero-order valence-corrected chi connectivity index (χ0v) is 9.02. The lowest BCUT2D eigenvalue weighted by Crippen LogP contribution is -2.22. The summed E-state index contributed by atoms with van der Waals surface area (Å²) in [6, 6.07) is 5.88. The highest BCUT2D eigenvalue weighted by Gasteiger charge is 2.21. The molecule has 2 heteroatoms. The Morgan fingerprint density at radius 3 is 2.54 bits per heavy atom. The Balaban J connectivity index is 3.20. The maximum Gasteiger partial charge on any atom is 0.0523 e.